The zero-order valence-corrected chi connectivity index (χ0v) is 11.4. The molecule has 0 aliphatic rings. The molecule has 3 heterocycles. The fraction of sp³-hybridized carbons (Fsp3) is 0.0667. The molecule has 0 saturated carbocycles. The second kappa shape index (κ2) is 4.24. The molecule has 0 fully saturated rings. The number of hydrogen-bond donors (Lipinski definition) is 1. The number of anilines is 1. The van der Waals surface area contributed by atoms with Gasteiger partial charge >= 0.3 is 0 Å². The summed E-state index contributed by atoms with van der Waals surface area (Å²) in [6, 6.07) is 13.4. The Hall–Kier alpha value is -3.02. The van der Waals surface area contributed by atoms with Crippen LogP contribution in [0.5, 0.6) is 0 Å². The smallest absolute Gasteiger partial charge is 0.184 e. The number of aryl methyl sites for hydroxylation is 1. The van der Waals surface area contributed by atoms with E-state index in [9.17, 15) is 0 Å². The minimum Gasteiger partial charge on any atom is -0.384 e. The van der Waals surface area contributed by atoms with Crippen LogP contribution in [-0.2, 0) is 0 Å². The number of para-hydroxylation sites is 1. The fourth-order valence-corrected chi connectivity index (χ4v) is 2.33. The number of pyridine rings is 1. The maximum absolute atomic E-state index is 5.72. The molecule has 1 aromatic carbocycles. The third kappa shape index (κ3) is 1.80. The van der Waals surface area contributed by atoms with Crippen molar-refractivity contribution >= 4 is 28.1 Å². The summed E-state index contributed by atoms with van der Waals surface area (Å²) < 4.78 is 1.78. The van der Waals surface area contributed by atoms with Gasteiger partial charge in [-0.15, -0.1) is 0 Å². The minimum absolute atomic E-state index is 0.429. The van der Waals surface area contributed by atoms with Crippen LogP contribution in [0.4, 0.5) is 5.82 Å². The van der Waals surface area contributed by atoms with Gasteiger partial charge in [-0.05, 0) is 31.2 Å². The van der Waals surface area contributed by atoms with Crippen molar-refractivity contribution in [2.75, 3.05) is 5.73 Å². The van der Waals surface area contributed by atoms with Crippen molar-refractivity contribution in [3.63, 3.8) is 0 Å². The highest BCUT2D eigenvalue weighted by atomic mass is 15.3. The molecule has 102 valence electrons. The van der Waals surface area contributed by atoms with E-state index < -0.39 is 0 Å². The first-order valence-electron chi connectivity index (χ1n) is 6.57. The van der Waals surface area contributed by atoms with Crippen LogP contribution in [0.2, 0.25) is 0 Å². The number of nitrogen functional groups attached to an aromatic ring is 1. The topological polar surface area (TPSA) is 82.5 Å². The van der Waals surface area contributed by atoms with Gasteiger partial charge in [0.05, 0.1) is 11.4 Å². The van der Waals surface area contributed by atoms with E-state index in [1.165, 1.54) is 0 Å². The minimum atomic E-state index is 0.429. The highest BCUT2D eigenvalue weighted by Gasteiger charge is 2.13. The molecule has 0 bridgehead atoms. The summed E-state index contributed by atoms with van der Waals surface area (Å²) in [5, 5.41) is 4.54. The summed E-state index contributed by atoms with van der Waals surface area (Å²) in [4.78, 5) is 13.4. The summed E-state index contributed by atoms with van der Waals surface area (Å²) in [6.07, 6.45) is 0. The van der Waals surface area contributed by atoms with Crippen LogP contribution in [-0.4, -0.2) is 24.7 Å². The van der Waals surface area contributed by atoms with E-state index in [1.807, 2.05) is 43.3 Å². The first kappa shape index (κ1) is 11.8. The summed E-state index contributed by atoms with van der Waals surface area (Å²) in [5.74, 6) is 0.429. The standard InChI is InChI=1S/C15H12N6/c1-9-13-15(21(20-9)10-5-3-2-4-6-10)19-14-11(17-13)7-8-12(16)18-14/h2-8H,1H3,(H2,16,18,19). The Morgan fingerprint density at radius 3 is 2.57 bits per heavy atom. The lowest BCUT2D eigenvalue weighted by Gasteiger charge is -2.02. The van der Waals surface area contributed by atoms with Crippen LogP contribution >= 0.6 is 0 Å². The average Bonchev–Trinajstić information content (AvgIpc) is 2.82. The van der Waals surface area contributed by atoms with Gasteiger partial charge in [0.25, 0.3) is 0 Å². The molecule has 0 unspecified atom stereocenters. The zero-order valence-electron chi connectivity index (χ0n) is 11.4. The number of hydrogen-bond acceptors (Lipinski definition) is 5. The second-order valence-corrected chi connectivity index (χ2v) is 4.81. The van der Waals surface area contributed by atoms with Crippen LogP contribution in [0.1, 0.15) is 5.69 Å². The molecule has 3 aromatic heterocycles. The lowest BCUT2D eigenvalue weighted by molar-refractivity contribution is 0.879. The van der Waals surface area contributed by atoms with Crippen molar-refractivity contribution in [2.24, 2.45) is 0 Å². The first-order valence-corrected chi connectivity index (χ1v) is 6.57. The van der Waals surface area contributed by atoms with Crippen LogP contribution in [0.25, 0.3) is 28.0 Å². The molecule has 0 aliphatic heterocycles. The SMILES string of the molecule is Cc1nn(-c2ccccc2)c2nc3nc(N)ccc3nc12. The largest absolute Gasteiger partial charge is 0.384 e. The Kier molecular flexibility index (Phi) is 2.38. The van der Waals surface area contributed by atoms with Crippen LogP contribution in [0.15, 0.2) is 42.5 Å². The van der Waals surface area contributed by atoms with Crippen molar-refractivity contribution in [3.05, 3.63) is 48.2 Å². The fourth-order valence-electron chi connectivity index (χ4n) is 2.33. The van der Waals surface area contributed by atoms with Crippen molar-refractivity contribution < 1.29 is 0 Å². The summed E-state index contributed by atoms with van der Waals surface area (Å²) in [5.41, 5.74) is 10.2. The Balaban J connectivity index is 2.09. The normalized spacial score (nSPS) is 11.3. The molecule has 0 saturated heterocycles. The summed E-state index contributed by atoms with van der Waals surface area (Å²) >= 11 is 0. The van der Waals surface area contributed by atoms with Crippen molar-refractivity contribution in [1.82, 2.24) is 24.7 Å². The van der Waals surface area contributed by atoms with Crippen molar-refractivity contribution in [1.29, 1.82) is 0 Å². The third-order valence-corrected chi connectivity index (χ3v) is 3.33. The predicted molar refractivity (Wildman–Crippen MR) is 81.1 cm³/mol. The average molecular weight is 276 g/mol. The van der Waals surface area contributed by atoms with Gasteiger partial charge in [-0.25, -0.2) is 19.6 Å². The molecule has 6 nitrogen and oxygen atoms in total. The van der Waals surface area contributed by atoms with Crippen LogP contribution in [0.3, 0.4) is 0 Å². The lowest BCUT2D eigenvalue weighted by atomic mass is 10.3. The molecule has 0 amide bonds. The van der Waals surface area contributed by atoms with E-state index in [0.717, 1.165) is 16.9 Å². The monoisotopic (exact) mass is 276 g/mol. The number of rotatable bonds is 1. The van der Waals surface area contributed by atoms with E-state index in [1.54, 1.807) is 10.7 Å². The maximum atomic E-state index is 5.72. The van der Waals surface area contributed by atoms with E-state index >= 15 is 0 Å². The Labute approximate surface area is 120 Å². The lowest BCUT2D eigenvalue weighted by Crippen LogP contribution is -1.99. The highest BCUT2D eigenvalue weighted by molar-refractivity contribution is 5.85. The number of aromatic nitrogens is 5. The number of nitrogens with two attached hydrogens (primary N) is 1. The zero-order chi connectivity index (χ0) is 14.4. The van der Waals surface area contributed by atoms with Crippen LogP contribution in [0, 0.1) is 6.92 Å². The molecule has 2 N–H and O–H groups in total. The molecule has 0 atom stereocenters. The number of nitrogens with zero attached hydrogens (tertiary/aromatic N) is 5. The molecular weight excluding hydrogens is 264 g/mol. The number of benzene rings is 1. The second-order valence-electron chi connectivity index (χ2n) is 4.81. The maximum Gasteiger partial charge on any atom is 0.184 e. The van der Waals surface area contributed by atoms with Gasteiger partial charge < -0.3 is 5.73 Å². The Bertz CT molecular complexity index is 958. The van der Waals surface area contributed by atoms with Crippen LogP contribution < -0.4 is 5.73 Å². The molecule has 21 heavy (non-hydrogen) atoms. The summed E-state index contributed by atoms with van der Waals surface area (Å²) in [7, 11) is 0. The Morgan fingerprint density at radius 2 is 1.76 bits per heavy atom. The molecule has 0 spiro atoms. The number of fused-ring (bicyclic) bond motifs is 2. The van der Waals surface area contributed by atoms with Gasteiger partial charge in [-0.3, -0.25) is 0 Å². The van der Waals surface area contributed by atoms with Gasteiger partial charge in [0.1, 0.15) is 16.9 Å². The molecule has 0 aliphatic carbocycles. The Morgan fingerprint density at radius 1 is 0.952 bits per heavy atom. The molecular formula is C15H12N6. The predicted octanol–water partition coefficient (Wildman–Crippen LogP) is 2.25. The van der Waals surface area contributed by atoms with Crippen molar-refractivity contribution in [3.8, 4) is 5.69 Å². The summed E-state index contributed by atoms with van der Waals surface area (Å²) in [6.45, 7) is 1.92. The van der Waals surface area contributed by atoms with E-state index in [2.05, 4.69) is 20.1 Å². The highest BCUT2D eigenvalue weighted by Crippen LogP contribution is 2.21. The third-order valence-electron chi connectivity index (χ3n) is 3.33. The van der Waals surface area contributed by atoms with E-state index in [-0.39, 0.29) is 0 Å². The van der Waals surface area contributed by atoms with Gasteiger partial charge in [0.15, 0.2) is 11.3 Å². The van der Waals surface area contributed by atoms with Gasteiger partial charge in [-0.2, -0.15) is 5.10 Å². The quantitative estimate of drug-likeness (QED) is 0.576. The first-order chi connectivity index (χ1) is 10.2. The molecule has 6 heteroatoms. The van der Waals surface area contributed by atoms with E-state index in [4.69, 9.17) is 5.73 Å². The van der Waals surface area contributed by atoms with Gasteiger partial charge in [0, 0.05) is 0 Å². The molecule has 4 rings (SSSR count). The van der Waals surface area contributed by atoms with Crippen molar-refractivity contribution in [2.45, 2.75) is 6.92 Å². The molecule has 4 aromatic rings. The molecule has 0 radical (unpaired) electrons. The van der Waals surface area contributed by atoms with Gasteiger partial charge in [0.2, 0.25) is 0 Å². The van der Waals surface area contributed by atoms with Gasteiger partial charge in [-0.1, -0.05) is 18.2 Å². The van der Waals surface area contributed by atoms with E-state index in [0.29, 0.717) is 22.6 Å².